The molecule has 138 valence electrons. The minimum atomic E-state index is -1.39. The second-order valence-corrected chi connectivity index (χ2v) is 6.90. The van der Waals surface area contributed by atoms with E-state index >= 15 is 0 Å². The fourth-order valence-electron chi connectivity index (χ4n) is 3.41. The van der Waals surface area contributed by atoms with Gasteiger partial charge in [0.15, 0.2) is 5.60 Å². The fraction of sp³-hybridized carbons (Fsp3) is 0.381. The maximum atomic E-state index is 13.2. The molecule has 2 aromatic rings. The van der Waals surface area contributed by atoms with E-state index < -0.39 is 5.60 Å². The van der Waals surface area contributed by atoms with Crippen LogP contribution in [-0.2, 0) is 17.8 Å². The van der Waals surface area contributed by atoms with Crippen molar-refractivity contribution in [3.05, 3.63) is 71.5 Å². The molecule has 5 heteroatoms. The van der Waals surface area contributed by atoms with E-state index in [0.717, 1.165) is 18.4 Å². The number of likely N-dealkylation sites (tertiary alicyclic amines) is 1. The zero-order valence-corrected chi connectivity index (χ0v) is 14.8. The van der Waals surface area contributed by atoms with E-state index in [0.29, 0.717) is 26.1 Å². The van der Waals surface area contributed by atoms with Crippen molar-refractivity contribution in [1.82, 2.24) is 10.2 Å². The summed E-state index contributed by atoms with van der Waals surface area (Å²) < 4.78 is 13.2. The van der Waals surface area contributed by atoms with Crippen molar-refractivity contribution in [2.24, 2.45) is 0 Å². The van der Waals surface area contributed by atoms with Gasteiger partial charge in [0.1, 0.15) is 5.82 Å². The molecular formula is C21H25FN2O2. The van der Waals surface area contributed by atoms with Crippen molar-refractivity contribution in [2.75, 3.05) is 19.6 Å². The van der Waals surface area contributed by atoms with Gasteiger partial charge in [-0.1, -0.05) is 42.5 Å². The van der Waals surface area contributed by atoms with Crippen molar-refractivity contribution in [1.29, 1.82) is 0 Å². The summed E-state index contributed by atoms with van der Waals surface area (Å²) in [4.78, 5) is 14.5. The van der Waals surface area contributed by atoms with Crippen LogP contribution in [0.25, 0.3) is 0 Å². The molecule has 0 spiro atoms. The summed E-state index contributed by atoms with van der Waals surface area (Å²) in [5.41, 5.74) is 0.582. The van der Waals surface area contributed by atoms with Gasteiger partial charge in [0.2, 0.25) is 0 Å². The predicted molar refractivity (Wildman–Crippen MR) is 99.0 cm³/mol. The second-order valence-electron chi connectivity index (χ2n) is 6.90. The van der Waals surface area contributed by atoms with Gasteiger partial charge in [0, 0.05) is 26.2 Å². The lowest BCUT2D eigenvalue weighted by atomic mass is 9.91. The molecule has 0 radical (unpaired) electrons. The predicted octanol–water partition coefficient (Wildman–Crippen LogP) is 2.51. The van der Waals surface area contributed by atoms with Crippen molar-refractivity contribution in [3.8, 4) is 0 Å². The zero-order chi connectivity index (χ0) is 18.4. The Kier molecular flexibility index (Phi) is 6.01. The van der Waals surface area contributed by atoms with Crippen LogP contribution in [0.3, 0.4) is 0 Å². The highest BCUT2D eigenvalue weighted by Crippen LogP contribution is 2.22. The molecular weight excluding hydrogens is 331 g/mol. The van der Waals surface area contributed by atoms with Crippen LogP contribution in [0.5, 0.6) is 0 Å². The number of hydrogen-bond acceptors (Lipinski definition) is 3. The number of carbonyl (C=O) groups excluding carboxylic acids is 1. The SMILES string of the molecule is O=C1N(CCc2ccccc2)CCC[C@@]1(O)CNCc1cccc(F)c1. The lowest BCUT2D eigenvalue weighted by Gasteiger charge is -2.38. The first-order valence-electron chi connectivity index (χ1n) is 9.08. The van der Waals surface area contributed by atoms with E-state index in [-0.39, 0.29) is 18.3 Å². The number of rotatable bonds is 7. The third-order valence-corrected chi connectivity index (χ3v) is 4.85. The molecule has 2 N–H and O–H groups in total. The van der Waals surface area contributed by atoms with Crippen LogP contribution in [0.4, 0.5) is 4.39 Å². The van der Waals surface area contributed by atoms with Gasteiger partial charge in [-0.05, 0) is 42.5 Å². The van der Waals surface area contributed by atoms with Gasteiger partial charge >= 0.3 is 0 Å². The summed E-state index contributed by atoms with van der Waals surface area (Å²) in [5.74, 6) is -0.504. The average molecular weight is 356 g/mol. The lowest BCUT2D eigenvalue weighted by Crippen LogP contribution is -2.58. The third kappa shape index (κ3) is 4.68. The zero-order valence-electron chi connectivity index (χ0n) is 14.8. The Morgan fingerprint density at radius 1 is 1.12 bits per heavy atom. The van der Waals surface area contributed by atoms with Crippen LogP contribution < -0.4 is 5.32 Å². The normalized spacial score (nSPS) is 20.4. The van der Waals surface area contributed by atoms with Gasteiger partial charge in [-0.2, -0.15) is 0 Å². The highest BCUT2D eigenvalue weighted by Gasteiger charge is 2.41. The molecule has 1 fully saturated rings. The molecule has 1 aliphatic rings. The van der Waals surface area contributed by atoms with Crippen molar-refractivity contribution in [2.45, 2.75) is 31.4 Å². The van der Waals surface area contributed by atoms with Crippen LogP contribution in [0.1, 0.15) is 24.0 Å². The minimum Gasteiger partial charge on any atom is -0.379 e. The number of aliphatic hydroxyl groups is 1. The van der Waals surface area contributed by atoms with Gasteiger partial charge in [-0.15, -0.1) is 0 Å². The summed E-state index contributed by atoms with van der Waals surface area (Å²) in [7, 11) is 0. The highest BCUT2D eigenvalue weighted by molar-refractivity contribution is 5.86. The van der Waals surface area contributed by atoms with Gasteiger partial charge in [-0.25, -0.2) is 4.39 Å². The highest BCUT2D eigenvalue weighted by atomic mass is 19.1. The second kappa shape index (κ2) is 8.43. The van der Waals surface area contributed by atoms with Crippen LogP contribution in [0, 0.1) is 5.82 Å². The van der Waals surface area contributed by atoms with Crippen LogP contribution in [0.15, 0.2) is 54.6 Å². The summed E-state index contributed by atoms with van der Waals surface area (Å²) in [5, 5.41) is 13.9. The molecule has 1 atom stereocenters. The summed E-state index contributed by atoms with van der Waals surface area (Å²) in [6.07, 6.45) is 2.00. The van der Waals surface area contributed by atoms with E-state index in [1.165, 1.54) is 17.7 Å². The Balaban J connectivity index is 1.53. The molecule has 0 unspecified atom stereocenters. The summed E-state index contributed by atoms with van der Waals surface area (Å²) in [6, 6.07) is 16.3. The third-order valence-electron chi connectivity index (χ3n) is 4.85. The average Bonchev–Trinajstić information content (AvgIpc) is 2.64. The smallest absolute Gasteiger partial charge is 0.255 e. The molecule has 4 nitrogen and oxygen atoms in total. The summed E-state index contributed by atoms with van der Waals surface area (Å²) in [6.45, 7) is 1.87. The fourth-order valence-corrected chi connectivity index (χ4v) is 3.41. The number of amides is 1. The number of hydrogen-bond donors (Lipinski definition) is 2. The topological polar surface area (TPSA) is 52.6 Å². The Morgan fingerprint density at radius 3 is 2.65 bits per heavy atom. The molecule has 3 rings (SSSR count). The standard InChI is InChI=1S/C21H25FN2O2/c22-19-9-4-8-18(14-19)15-23-16-21(26)11-5-12-24(20(21)25)13-10-17-6-2-1-3-7-17/h1-4,6-9,14,23,26H,5,10-13,15-16H2/t21-/m1/s1. The van der Waals surface area contributed by atoms with Gasteiger partial charge in [0.05, 0.1) is 0 Å². The monoisotopic (exact) mass is 356 g/mol. The molecule has 1 saturated heterocycles. The number of nitrogens with zero attached hydrogens (tertiary/aromatic N) is 1. The molecule has 1 aliphatic heterocycles. The lowest BCUT2D eigenvalue weighted by molar-refractivity contribution is -0.156. The molecule has 1 amide bonds. The Bertz CT molecular complexity index is 738. The van der Waals surface area contributed by atoms with Gasteiger partial charge < -0.3 is 15.3 Å². The maximum absolute atomic E-state index is 13.2. The molecule has 2 aromatic carbocycles. The van der Waals surface area contributed by atoms with E-state index in [1.807, 2.05) is 36.4 Å². The number of nitrogens with one attached hydrogen (secondary N) is 1. The van der Waals surface area contributed by atoms with E-state index in [1.54, 1.807) is 11.0 Å². The van der Waals surface area contributed by atoms with E-state index in [4.69, 9.17) is 0 Å². The number of carbonyl (C=O) groups is 1. The molecule has 0 bridgehead atoms. The first-order chi connectivity index (χ1) is 12.6. The first-order valence-corrected chi connectivity index (χ1v) is 9.08. The van der Waals surface area contributed by atoms with E-state index in [9.17, 15) is 14.3 Å². The van der Waals surface area contributed by atoms with Crippen molar-refractivity contribution in [3.63, 3.8) is 0 Å². The quantitative estimate of drug-likeness (QED) is 0.802. The maximum Gasteiger partial charge on any atom is 0.255 e. The Hall–Kier alpha value is -2.24. The van der Waals surface area contributed by atoms with Gasteiger partial charge in [0.25, 0.3) is 5.91 Å². The Morgan fingerprint density at radius 2 is 1.88 bits per heavy atom. The number of halogens is 1. The number of benzene rings is 2. The molecule has 0 aromatic heterocycles. The molecule has 0 aliphatic carbocycles. The van der Waals surface area contributed by atoms with E-state index in [2.05, 4.69) is 5.32 Å². The molecule has 26 heavy (non-hydrogen) atoms. The van der Waals surface area contributed by atoms with Crippen LogP contribution >= 0.6 is 0 Å². The molecule has 1 heterocycles. The van der Waals surface area contributed by atoms with Crippen molar-refractivity contribution < 1.29 is 14.3 Å². The first kappa shape index (κ1) is 18.5. The molecule has 0 saturated carbocycles. The van der Waals surface area contributed by atoms with Gasteiger partial charge in [-0.3, -0.25) is 4.79 Å². The minimum absolute atomic E-state index is 0.171. The summed E-state index contributed by atoms with van der Waals surface area (Å²) >= 11 is 0. The Labute approximate surface area is 153 Å². The van der Waals surface area contributed by atoms with Crippen LogP contribution in [-0.4, -0.2) is 41.1 Å². The largest absolute Gasteiger partial charge is 0.379 e. The number of piperidine rings is 1. The van der Waals surface area contributed by atoms with Crippen LogP contribution in [0.2, 0.25) is 0 Å². The van der Waals surface area contributed by atoms with Crippen molar-refractivity contribution >= 4 is 5.91 Å².